The van der Waals surface area contributed by atoms with Gasteiger partial charge in [0.15, 0.2) is 0 Å². The molecule has 1 fully saturated rings. The van der Waals surface area contributed by atoms with Crippen molar-refractivity contribution in [2.75, 3.05) is 20.1 Å². The number of rotatable bonds is 5. The molecule has 0 saturated carbocycles. The largest absolute Gasteiger partial charge is 0.325 e. The first kappa shape index (κ1) is 12.9. The van der Waals surface area contributed by atoms with E-state index in [1.165, 1.54) is 4.88 Å². The average Bonchev–Trinajstić information content (AvgIpc) is 2.92. The number of amides is 1. The zero-order valence-corrected chi connectivity index (χ0v) is 11.8. The molecule has 0 aliphatic carbocycles. The second-order valence-corrected chi connectivity index (χ2v) is 6.54. The number of thioether (sulfide) groups is 1. The first-order chi connectivity index (χ1) is 8.24. The Morgan fingerprint density at radius 1 is 1.53 bits per heavy atom. The van der Waals surface area contributed by atoms with Crippen molar-refractivity contribution in [3.05, 3.63) is 22.4 Å². The maximum Gasteiger partial charge on any atom is 0.236 e. The first-order valence-electron chi connectivity index (χ1n) is 5.88. The van der Waals surface area contributed by atoms with Crippen LogP contribution in [0.25, 0.3) is 0 Å². The van der Waals surface area contributed by atoms with Crippen LogP contribution in [0.1, 0.15) is 23.6 Å². The molecule has 94 valence electrons. The molecular formula is C12H18N2OS2. The highest BCUT2D eigenvalue weighted by atomic mass is 32.2. The van der Waals surface area contributed by atoms with Gasteiger partial charge in [0.2, 0.25) is 5.91 Å². The van der Waals surface area contributed by atoms with Gasteiger partial charge in [-0.25, -0.2) is 0 Å². The fourth-order valence-corrected chi connectivity index (χ4v) is 4.24. The van der Waals surface area contributed by atoms with Crippen molar-refractivity contribution in [3.8, 4) is 0 Å². The van der Waals surface area contributed by atoms with Crippen LogP contribution in [0.4, 0.5) is 0 Å². The molecule has 1 amide bonds. The van der Waals surface area contributed by atoms with E-state index in [2.05, 4.69) is 22.8 Å². The summed E-state index contributed by atoms with van der Waals surface area (Å²) in [6, 6.07) is 4.18. The molecule has 1 aliphatic heterocycles. The minimum absolute atomic E-state index is 0.0942. The lowest BCUT2D eigenvalue weighted by atomic mass is 10.3. The lowest BCUT2D eigenvalue weighted by Gasteiger charge is -2.22. The number of hydrogen-bond donors (Lipinski definition) is 1. The van der Waals surface area contributed by atoms with Gasteiger partial charge >= 0.3 is 0 Å². The van der Waals surface area contributed by atoms with Gasteiger partial charge in [0.05, 0.1) is 5.25 Å². The summed E-state index contributed by atoms with van der Waals surface area (Å²) in [5.74, 6) is 0.282. The van der Waals surface area contributed by atoms with E-state index < -0.39 is 0 Å². The van der Waals surface area contributed by atoms with E-state index in [9.17, 15) is 4.79 Å². The number of hydrogen-bond acceptors (Lipinski definition) is 4. The van der Waals surface area contributed by atoms with Crippen molar-refractivity contribution < 1.29 is 4.79 Å². The molecule has 1 N–H and O–H groups in total. The lowest BCUT2D eigenvalue weighted by molar-refractivity contribution is -0.129. The molecule has 1 aromatic heterocycles. The molecule has 0 bridgehead atoms. The van der Waals surface area contributed by atoms with E-state index in [0.29, 0.717) is 0 Å². The number of carbonyl (C=O) groups is 1. The summed E-state index contributed by atoms with van der Waals surface area (Å²) in [6.45, 7) is 3.81. The minimum Gasteiger partial charge on any atom is -0.325 e. The third-order valence-electron chi connectivity index (χ3n) is 2.86. The summed E-state index contributed by atoms with van der Waals surface area (Å²) < 4.78 is 0. The molecular weight excluding hydrogens is 252 g/mol. The predicted molar refractivity (Wildman–Crippen MR) is 74.4 cm³/mol. The first-order valence-corrected chi connectivity index (χ1v) is 7.70. The Hall–Kier alpha value is -0.520. The standard InChI is InChI=1S/C12H18N2OS2/c1-9-11(15)14(7-4-6-13-2)12(17-9)10-5-3-8-16-10/h3,5,8-9,12-13H,4,6-7H2,1-2H3. The molecule has 1 aliphatic rings. The number of nitrogens with one attached hydrogen (secondary N) is 1. The quantitative estimate of drug-likeness (QED) is 0.833. The van der Waals surface area contributed by atoms with Gasteiger partial charge in [-0.1, -0.05) is 6.07 Å². The molecule has 1 aromatic rings. The van der Waals surface area contributed by atoms with Crippen LogP contribution in [0.3, 0.4) is 0 Å². The van der Waals surface area contributed by atoms with Crippen LogP contribution in [0.15, 0.2) is 17.5 Å². The van der Waals surface area contributed by atoms with Gasteiger partial charge in [-0.2, -0.15) is 0 Å². The maximum absolute atomic E-state index is 12.1. The maximum atomic E-state index is 12.1. The fraction of sp³-hybridized carbons (Fsp3) is 0.583. The van der Waals surface area contributed by atoms with Crippen LogP contribution >= 0.6 is 23.1 Å². The highest BCUT2D eigenvalue weighted by Gasteiger charge is 2.38. The van der Waals surface area contributed by atoms with E-state index in [1.54, 1.807) is 23.1 Å². The van der Waals surface area contributed by atoms with Crippen LogP contribution in [0.2, 0.25) is 0 Å². The summed E-state index contributed by atoms with van der Waals surface area (Å²) in [5.41, 5.74) is 0. The second-order valence-electron chi connectivity index (χ2n) is 4.13. The monoisotopic (exact) mass is 270 g/mol. The van der Waals surface area contributed by atoms with Crippen LogP contribution in [0, 0.1) is 0 Å². The molecule has 3 nitrogen and oxygen atoms in total. The van der Waals surface area contributed by atoms with Gasteiger partial charge in [0.25, 0.3) is 0 Å². The van der Waals surface area contributed by atoms with E-state index >= 15 is 0 Å². The Kier molecular flexibility index (Phi) is 4.48. The van der Waals surface area contributed by atoms with Gasteiger partial charge in [-0.05, 0) is 38.4 Å². The Bertz CT molecular complexity index is 367. The summed E-state index contributed by atoms with van der Waals surface area (Å²) >= 11 is 3.50. The molecule has 0 aromatic carbocycles. The molecule has 2 rings (SSSR count). The van der Waals surface area contributed by atoms with Crippen LogP contribution in [0.5, 0.6) is 0 Å². The Morgan fingerprint density at radius 3 is 3.00 bits per heavy atom. The van der Waals surface area contributed by atoms with Crippen molar-refractivity contribution in [3.63, 3.8) is 0 Å². The van der Waals surface area contributed by atoms with Crippen molar-refractivity contribution >= 4 is 29.0 Å². The molecule has 5 heteroatoms. The summed E-state index contributed by atoms with van der Waals surface area (Å²) in [4.78, 5) is 15.4. The number of thiophene rings is 1. The van der Waals surface area contributed by atoms with Crippen molar-refractivity contribution in [1.29, 1.82) is 0 Å². The molecule has 2 heterocycles. The third kappa shape index (κ3) is 2.84. The Morgan fingerprint density at radius 2 is 2.35 bits per heavy atom. The average molecular weight is 270 g/mol. The summed E-state index contributed by atoms with van der Waals surface area (Å²) in [6.07, 6.45) is 1.01. The fourth-order valence-electron chi connectivity index (χ4n) is 1.98. The van der Waals surface area contributed by atoms with Crippen molar-refractivity contribution in [2.45, 2.75) is 24.0 Å². The van der Waals surface area contributed by atoms with Crippen molar-refractivity contribution in [1.82, 2.24) is 10.2 Å². The van der Waals surface area contributed by atoms with E-state index in [1.807, 2.05) is 18.9 Å². The van der Waals surface area contributed by atoms with Gasteiger partial charge in [-0.15, -0.1) is 23.1 Å². The third-order valence-corrected chi connectivity index (χ3v) is 5.31. The topological polar surface area (TPSA) is 32.3 Å². The Labute approximate surface area is 111 Å². The normalized spacial score (nSPS) is 24.6. The van der Waals surface area contributed by atoms with Gasteiger partial charge in [-0.3, -0.25) is 4.79 Å². The number of nitrogens with zero attached hydrogens (tertiary/aromatic N) is 1. The molecule has 0 spiro atoms. The number of carbonyl (C=O) groups excluding carboxylic acids is 1. The molecule has 2 unspecified atom stereocenters. The highest BCUT2D eigenvalue weighted by molar-refractivity contribution is 8.01. The molecule has 1 saturated heterocycles. The Balaban J connectivity index is 2.05. The zero-order chi connectivity index (χ0) is 12.3. The molecule has 0 radical (unpaired) electrons. The highest BCUT2D eigenvalue weighted by Crippen LogP contribution is 2.44. The van der Waals surface area contributed by atoms with Gasteiger partial charge in [0, 0.05) is 11.4 Å². The second kappa shape index (κ2) is 5.89. The van der Waals surface area contributed by atoms with Crippen molar-refractivity contribution in [2.24, 2.45) is 0 Å². The van der Waals surface area contributed by atoms with E-state index in [-0.39, 0.29) is 16.5 Å². The van der Waals surface area contributed by atoms with Crippen LogP contribution < -0.4 is 5.32 Å². The minimum atomic E-state index is 0.0942. The smallest absolute Gasteiger partial charge is 0.236 e. The predicted octanol–water partition coefficient (Wildman–Crippen LogP) is 2.32. The van der Waals surface area contributed by atoms with Gasteiger partial charge < -0.3 is 10.2 Å². The zero-order valence-electron chi connectivity index (χ0n) is 10.2. The molecule has 2 atom stereocenters. The lowest BCUT2D eigenvalue weighted by Crippen LogP contribution is -2.32. The van der Waals surface area contributed by atoms with E-state index in [4.69, 9.17) is 0 Å². The van der Waals surface area contributed by atoms with Crippen LogP contribution in [-0.4, -0.2) is 36.2 Å². The molecule has 17 heavy (non-hydrogen) atoms. The SMILES string of the molecule is CNCCCN1C(=O)C(C)SC1c1cccs1. The summed E-state index contributed by atoms with van der Waals surface area (Å²) in [7, 11) is 1.94. The summed E-state index contributed by atoms with van der Waals surface area (Å²) in [5, 5.41) is 5.53. The van der Waals surface area contributed by atoms with Crippen LogP contribution in [-0.2, 0) is 4.79 Å². The van der Waals surface area contributed by atoms with Gasteiger partial charge in [0.1, 0.15) is 5.37 Å². The van der Waals surface area contributed by atoms with E-state index in [0.717, 1.165) is 19.5 Å².